The third-order valence-corrected chi connectivity index (χ3v) is 4.65. The predicted octanol–water partition coefficient (Wildman–Crippen LogP) is 2.80. The van der Waals surface area contributed by atoms with Gasteiger partial charge in [-0.05, 0) is 23.3 Å². The van der Waals surface area contributed by atoms with Crippen LogP contribution < -0.4 is 0 Å². The average Bonchev–Trinajstić information content (AvgIpc) is 2.53. The molecule has 0 amide bonds. The second-order valence-electron chi connectivity index (χ2n) is 5.15. The Bertz CT molecular complexity index is 935. The number of aliphatic hydroxyl groups is 1. The third kappa shape index (κ3) is 2.61. The van der Waals surface area contributed by atoms with Gasteiger partial charge >= 0.3 is 0 Å². The van der Waals surface area contributed by atoms with Crippen LogP contribution in [0.5, 0.6) is 0 Å². The van der Waals surface area contributed by atoms with Gasteiger partial charge in [-0.3, -0.25) is 4.98 Å². The molecule has 0 atom stereocenters. The summed E-state index contributed by atoms with van der Waals surface area (Å²) in [6.45, 7) is -0.104. The number of benzene rings is 2. The van der Waals surface area contributed by atoms with Crippen molar-refractivity contribution in [1.29, 1.82) is 0 Å². The van der Waals surface area contributed by atoms with Crippen LogP contribution in [-0.4, -0.2) is 24.8 Å². The van der Waals surface area contributed by atoms with E-state index in [-0.39, 0.29) is 11.5 Å². The maximum Gasteiger partial charge on any atom is 0.177 e. The number of pyridine rings is 1. The molecule has 0 aliphatic rings. The van der Waals surface area contributed by atoms with Gasteiger partial charge in [0.25, 0.3) is 0 Å². The van der Waals surface area contributed by atoms with Crippen molar-refractivity contribution in [3.63, 3.8) is 0 Å². The van der Waals surface area contributed by atoms with Crippen LogP contribution in [0, 0.1) is 0 Å². The number of fused-ring (bicyclic) bond motifs is 1. The zero-order chi connectivity index (χ0) is 15.7. The molecule has 1 N–H and O–H groups in total. The van der Waals surface area contributed by atoms with Crippen molar-refractivity contribution >= 4 is 20.7 Å². The first-order valence-electron chi connectivity index (χ1n) is 6.78. The first kappa shape index (κ1) is 14.7. The van der Waals surface area contributed by atoms with Gasteiger partial charge in [-0.1, -0.05) is 36.4 Å². The topological polar surface area (TPSA) is 67.3 Å². The SMILES string of the molecule is CS(=O)(=O)c1cnc2ccc(CO)cc2c1-c1ccccc1. The molecular formula is C17H15NO3S. The molecule has 4 nitrogen and oxygen atoms in total. The minimum absolute atomic E-state index is 0.104. The molecule has 3 aromatic rings. The highest BCUT2D eigenvalue weighted by Crippen LogP contribution is 2.34. The molecule has 112 valence electrons. The second-order valence-corrected chi connectivity index (χ2v) is 7.13. The molecule has 1 aromatic heterocycles. The molecule has 0 bridgehead atoms. The standard InChI is InChI=1S/C17H15NO3S/c1-22(20,21)16-10-18-15-8-7-12(11-19)9-14(15)17(16)13-5-3-2-4-6-13/h2-10,19H,11H2,1H3. The lowest BCUT2D eigenvalue weighted by Crippen LogP contribution is -2.02. The fraction of sp³-hybridized carbons (Fsp3) is 0.118. The molecule has 1 heterocycles. The molecule has 0 aliphatic heterocycles. The van der Waals surface area contributed by atoms with Crippen molar-refractivity contribution in [2.24, 2.45) is 0 Å². The fourth-order valence-electron chi connectivity index (χ4n) is 2.50. The summed E-state index contributed by atoms with van der Waals surface area (Å²) >= 11 is 0. The van der Waals surface area contributed by atoms with E-state index in [1.54, 1.807) is 18.2 Å². The van der Waals surface area contributed by atoms with Crippen LogP contribution in [0.25, 0.3) is 22.0 Å². The number of nitrogens with zero attached hydrogens (tertiary/aromatic N) is 1. The summed E-state index contributed by atoms with van der Waals surface area (Å²) in [5.41, 5.74) is 2.86. The van der Waals surface area contributed by atoms with Gasteiger partial charge in [0.05, 0.1) is 17.0 Å². The van der Waals surface area contributed by atoms with Gasteiger partial charge in [-0.15, -0.1) is 0 Å². The highest BCUT2D eigenvalue weighted by atomic mass is 32.2. The number of aliphatic hydroxyl groups excluding tert-OH is 1. The normalized spacial score (nSPS) is 11.7. The van der Waals surface area contributed by atoms with Crippen molar-refractivity contribution < 1.29 is 13.5 Å². The Labute approximate surface area is 129 Å². The zero-order valence-electron chi connectivity index (χ0n) is 12.0. The van der Waals surface area contributed by atoms with Crippen LogP contribution in [0.4, 0.5) is 0 Å². The van der Waals surface area contributed by atoms with Crippen molar-refractivity contribution in [3.05, 3.63) is 60.3 Å². The molecule has 0 saturated carbocycles. The van der Waals surface area contributed by atoms with Crippen LogP contribution in [0.2, 0.25) is 0 Å². The van der Waals surface area contributed by atoms with Crippen LogP contribution in [0.1, 0.15) is 5.56 Å². The Morgan fingerprint density at radius 2 is 1.82 bits per heavy atom. The molecule has 3 rings (SSSR count). The minimum atomic E-state index is -3.42. The van der Waals surface area contributed by atoms with E-state index in [1.165, 1.54) is 12.5 Å². The first-order valence-corrected chi connectivity index (χ1v) is 8.68. The summed E-state index contributed by atoms with van der Waals surface area (Å²) in [5.74, 6) is 0. The monoisotopic (exact) mass is 313 g/mol. The van der Waals surface area contributed by atoms with Gasteiger partial charge < -0.3 is 5.11 Å². The van der Waals surface area contributed by atoms with Crippen molar-refractivity contribution in [2.75, 3.05) is 6.26 Å². The maximum absolute atomic E-state index is 12.1. The quantitative estimate of drug-likeness (QED) is 0.807. The predicted molar refractivity (Wildman–Crippen MR) is 86.2 cm³/mol. The van der Waals surface area contributed by atoms with Gasteiger partial charge in [0, 0.05) is 23.4 Å². The number of aromatic nitrogens is 1. The zero-order valence-corrected chi connectivity index (χ0v) is 12.8. The number of hydrogen-bond acceptors (Lipinski definition) is 4. The Morgan fingerprint density at radius 1 is 1.09 bits per heavy atom. The number of sulfone groups is 1. The Balaban J connectivity index is 2.47. The van der Waals surface area contributed by atoms with E-state index in [0.717, 1.165) is 16.5 Å². The van der Waals surface area contributed by atoms with Gasteiger partial charge in [-0.25, -0.2) is 8.42 Å². The average molecular weight is 313 g/mol. The summed E-state index contributed by atoms with van der Waals surface area (Å²) in [6.07, 6.45) is 2.58. The van der Waals surface area contributed by atoms with E-state index >= 15 is 0 Å². The summed E-state index contributed by atoms with van der Waals surface area (Å²) in [6, 6.07) is 14.7. The molecule has 22 heavy (non-hydrogen) atoms. The maximum atomic E-state index is 12.1. The minimum Gasteiger partial charge on any atom is -0.392 e. The molecular weight excluding hydrogens is 298 g/mol. The van der Waals surface area contributed by atoms with Crippen molar-refractivity contribution in [1.82, 2.24) is 4.98 Å². The van der Waals surface area contributed by atoms with Crippen LogP contribution in [0.3, 0.4) is 0 Å². The lowest BCUT2D eigenvalue weighted by Gasteiger charge is -2.12. The van der Waals surface area contributed by atoms with Crippen LogP contribution in [0.15, 0.2) is 59.6 Å². The third-order valence-electron chi connectivity index (χ3n) is 3.54. The van der Waals surface area contributed by atoms with Gasteiger partial charge in [0.1, 0.15) is 0 Å². The van der Waals surface area contributed by atoms with E-state index in [1.807, 2.05) is 30.3 Å². The smallest absolute Gasteiger partial charge is 0.177 e. The van der Waals surface area contributed by atoms with E-state index in [2.05, 4.69) is 4.98 Å². The van der Waals surface area contributed by atoms with E-state index in [0.29, 0.717) is 11.1 Å². The lowest BCUT2D eigenvalue weighted by atomic mass is 10.00. The largest absolute Gasteiger partial charge is 0.392 e. The molecule has 0 saturated heterocycles. The summed E-state index contributed by atoms with van der Waals surface area (Å²) in [7, 11) is -3.42. The molecule has 2 aromatic carbocycles. The van der Waals surface area contributed by atoms with Crippen LogP contribution >= 0.6 is 0 Å². The highest BCUT2D eigenvalue weighted by Gasteiger charge is 2.18. The highest BCUT2D eigenvalue weighted by molar-refractivity contribution is 7.90. The van der Waals surface area contributed by atoms with E-state index in [9.17, 15) is 13.5 Å². The summed E-state index contributed by atoms with van der Waals surface area (Å²) in [4.78, 5) is 4.44. The van der Waals surface area contributed by atoms with E-state index < -0.39 is 9.84 Å². The first-order chi connectivity index (χ1) is 10.5. The van der Waals surface area contributed by atoms with Crippen molar-refractivity contribution in [2.45, 2.75) is 11.5 Å². The summed E-state index contributed by atoms with van der Waals surface area (Å²) in [5, 5.41) is 10.1. The van der Waals surface area contributed by atoms with Crippen molar-refractivity contribution in [3.8, 4) is 11.1 Å². The molecule has 0 aliphatic carbocycles. The fourth-order valence-corrected chi connectivity index (χ4v) is 3.35. The Hall–Kier alpha value is -2.24. The lowest BCUT2D eigenvalue weighted by molar-refractivity contribution is 0.282. The van der Waals surface area contributed by atoms with Gasteiger partial charge in [0.15, 0.2) is 9.84 Å². The number of rotatable bonds is 3. The molecule has 0 spiro atoms. The van der Waals surface area contributed by atoms with Gasteiger partial charge in [-0.2, -0.15) is 0 Å². The number of hydrogen-bond donors (Lipinski definition) is 1. The Kier molecular flexibility index (Phi) is 3.68. The Morgan fingerprint density at radius 3 is 2.45 bits per heavy atom. The van der Waals surface area contributed by atoms with E-state index in [4.69, 9.17) is 0 Å². The molecule has 0 unspecified atom stereocenters. The molecule has 0 radical (unpaired) electrons. The van der Waals surface area contributed by atoms with Crippen LogP contribution in [-0.2, 0) is 16.4 Å². The van der Waals surface area contributed by atoms with Gasteiger partial charge in [0.2, 0.25) is 0 Å². The molecule has 0 fully saturated rings. The molecule has 5 heteroatoms. The second kappa shape index (κ2) is 5.51. The summed E-state index contributed by atoms with van der Waals surface area (Å²) < 4.78 is 24.3.